The number of benzene rings is 2. The van der Waals surface area contributed by atoms with Gasteiger partial charge in [-0.15, -0.1) is 0 Å². The van der Waals surface area contributed by atoms with Crippen LogP contribution in [0.1, 0.15) is 43.4 Å². The summed E-state index contributed by atoms with van der Waals surface area (Å²) in [5, 5.41) is 3.10. The van der Waals surface area contributed by atoms with Crippen LogP contribution in [0.5, 0.6) is 0 Å². The fraction of sp³-hybridized carbons (Fsp3) is 0.364. The SMILES string of the molecule is CCc1cccc(CC)c1NC(=O)Cc1ccc(N2CCCC2=O)cc1. The molecule has 136 valence electrons. The molecule has 1 aliphatic rings. The van der Waals surface area contributed by atoms with E-state index in [0.717, 1.165) is 42.7 Å². The molecule has 2 amide bonds. The van der Waals surface area contributed by atoms with E-state index in [2.05, 4.69) is 31.3 Å². The van der Waals surface area contributed by atoms with E-state index in [1.54, 1.807) is 0 Å². The Morgan fingerprint density at radius 3 is 2.23 bits per heavy atom. The molecule has 0 bridgehead atoms. The second kappa shape index (κ2) is 8.17. The monoisotopic (exact) mass is 350 g/mol. The third kappa shape index (κ3) is 3.96. The van der Waals surface area contributed by atoms with Gasteiger partial charge in [0.15, 0.2) is 0 Å². The van der Waals surface area contributed by atoms with E-state index < -0.39 is 0 Å². The van der Waals surface area contributed by atoms with Crippen LogP contribution in [0.15, 0.2) is 42.5 Å². The Kier molecular flexibility index (Phi) is 5.71. The summed E-state index contributed by atoms with van der Waals surface area (Å²) in [6, 6.07) is 13.9. The van der Waals surface area contributed by atoms with Crippen molar-refractivity contribution in [2.45, 2.75) is 46.0 Å². The van der Waals surface area contributed by atoms with Crippen LogP contribution in [0.25, 0.3) is 0 Å². The molecule has 0 unspecified atom stereocenters. The summed E-state index contributed by atoms with van der Waals surface area (Å²) < 4.78 is 0. The molecular formula is C22H26N2O2. The van der Waals surface area contributed by atoms with Gasteiger partial charge in [-0.3, -0.25) is 9.59 Å². The smallest absolute Gasteiger partial charge is 0.228 e. The van der Waals surface area contributed by atoms with Crippen LogP contribution in [0, 0.1) is 0 Å². The van der Waals surface area contributed by atoms with Crippen LogP contribution in [0.4, 0.5) is 11.4 Å². The number of para-hydroxylation sites is 1. The lowest BCUT2D eigenvalue weighted by Gasteiger charge is -2.16. The van der Waals surface area contributed by atoms with Gasteiger partial charge in [-0.2, -0.15) is 0 Å². The molecule has 4 nitrogen and oxygen atoms in total. The molecule has 26 heavy (non-hydrogen) atoms. The summed E-state index contributed by atoms with van der Waals surface area (Å²) in [4.78, 5) is 26.2. The Hall–Kier alpha value is -2.62. The fourth-order valence-electron chi connectivity index (χ4n) is 3.49. The Morgan fingerprint density at radius 2 is 1.69 bits per heavy atom. The minimum Gasteiger partial charge on any atom is -0.325 e. The first-order chi connectivity index (χ1) is 12.6. The number of carbonyl (C=O) groups excluding carboxylic acids is 2. The molecule has 1 N–H and O–H groups in total. The first-order valence-corrected chi connectivity index (χ1v) is 9.42. The lowest BCUT2D eigenvalue weighted by molar-refractivity contribution is -0.117. The topological polar surface area (TPSA) is 49.4 Å². The lowest BCUT2D eigenvalue weighted by atomic mass is 10.0. The Labute approximate surface area is 155 Å². The molecule has 0 atom stereocenters. The summed E-state index contributed by atoms with van der Waals surface area (Å²) >= 11 is 0. The number of hydrogen-bond donors (Lipinski definition) is 1. The first-order valence-electron chi connectivity index (χ1n) is 9.42. The largest absolute Gasteiger partial charge is 0.325 e. The molecule has 0 spiro atoms. The van der Waals surface area contributed by atoms with Gasteiger partial charge in [-0.05, 0) is 48.1 Å². The molecule has 1 fully saturated rings. The minimum atomic E-state index is -0.00870. The standard InChI is InChI=1S/C22H26N2O2/c1-3-17-7-5-8-18(4-2)22(17)23-20(25)15-16-10-12-19(13-11-16)24-14-6-9-21(24)26/h5,7-8,10-13H,3-4,6,9,14-15H2,1-2H3,(H,23,25). The van der Waals surface area contributed by atoms with Gasteiger partial charge in [-0.1, -0.05) is 44.2 Å². The van der Waals surface area contributed by atoms with Gasteiger partial charge >= 0.3 is 0 Å². The molecule has 1 aliphatic heterocycles. The van der Waals surface area contributed by atoms with Crippen molar-refractivity contribution < 1.29 is 9.59 Å². The average Bonchev–Trinajstić information content (AvgIpc) is 3.08. The van der Waals surface area contributed by atoms with E-state index in [1.165, 1.54) is 11.1 Å². The third-order valence-corrected chi connectivity index (χ3v) is 4.95. The predicted octanol–water partition coefficient (Wildman–Crippen LogP) is 4.12. The van der Waals surface area contributed by atoms with Crippen LogP contribution in [-0.2, 0) is 28.9 Å². The van der Waals surface area contributed by atoms with Crippen molar-refractivity contribution in [1.82, 2.24) is 0 Å². The molecule has 0 saturated carbocycles. The zero-order valence-corrected chi connectivity index (χ0v) is 15.5. The van der Waals surface area contributed by atoms with Gasteiger partial charge < -0.3 is 10.2 Å². The number of anilines is 2. The molecule has 2 aromatic rings. The third-order valence-electron chi connectivity index (χ3n) is 4.95. The maximum absolute atomic E-state index is 12.5. The number of aryl methyl sites for hydroxylation is 2. The van der Waals surface area contributed by atoms with Crippen LogP contribution >= 0.6 is 0 Å². The van der Waals surface area contributed by atoms with Crippen molar-refractivity contribution in [2.24, 2.45) is 0 Å². The quantitative estimate of drug-likeness (QED) is 0.852. The fourth-order valence-corrected chi connectivity index (χ4v) is 3.49. The molecule has 3 rings (SSSR count). The number of hydrogen-bond acceptors (Lipinski definition) is 2. The second-order valence-electron chi connectivity index (χ2n) is 6.70. The van der Waals surface area contributed by atoms with E-state index >= 15 is 0 Å². The highest BCUT2D eigenvalue weighted by molar-refractivity contribution is 5.96. The molecule has 0 aliphatic carbocycles. The van der Waals surface area contributed by atoms with Gasteiger partial charge in [0, 0.05) is 24.3 Å². The van der Waals surface area contributed by atoms with Crippen molar-refractivity contribution in [3.05, 3.63) is 59.2 Å². The average molecular weight is 350 g/mol. The van der Waals surface area contributed by atoms with Crippen LogP contribution < -0.4 is 10.2 Å². The highest BCUT2D eigenvalue weighted by Gasteiger charge is 2.21. The molecule has 1 heterocycles. The highest BCUT2D eigenvalue weighted by Crippen LogP contribution is 2.24. The predicted molar refractivity (Wildman–Crippen MR) is 106 cm³/mol. The molecule has 1 saturated heterocycles. The Balaban J connectivity index is 1.68. The molecule has 2 aromatic carbocycles. The Bertz CT molecular complexity index is 774. The van der Waals surface area contributed by atoms with Crippen molar-refractivity contribution in [1.29, 1.82) is 0 Å². The molecular weight excluding hydrogens is 324 g/mol. The number of carbonyl (C=O) groups is 2. The maximum atomic E-state index is 12.5. The number of amides is 2. The zero-order valence-electron chi connectivity index (χ0n) is 15.5. The summed E-state index contributed by atoms with van der Waals surface area (Å²) in [6.07, 6.45) is 3.65. The lowest BCUT2D eigenvalue weighted by Crippen LogP contribution is -2.23. The first kappa shape index (κ1) is 18.2. The van der Waals surface area contributed by atoms with Crippen molar-refractivity contribution >= 4 is 23.2 Å². The normalized spacial score (nSPS) is 13.9. The highest BCUT2D eigenvalue weighted by atomic mass is 16.2. The summed E-state index contributed by atoms with van der Waals surface area (Å²) in [5.74, 6) is 0.171. The number of nitrogens with one attached hydrogen (secondary N) is 1. The minimum absolute atomic E-state index is 0.00870. The van der Waals surface area contributed by atoms with Crippen LogP contribution in [0.2, 0.25) is 0 Å². The van der Waals surface area contributed by atoms with Crippen LogP contribution in [0.3, 0.4) is 0 Å². The van der Waals surface area contributed by atoms with Gasteiger partial charge in [0.1, 0.15) is 0 Å². The van der Waals surface area contributed by atoms with Gasteiger partial charge in [0.2, 0.25) is 11.8 Å². The Morgan fingerprint density at radius 1 is 1.04 bits per heavy atom. The van der Waals surface area contributed by atoms with E-state index in [0.29, 0.717) is 12.8 Å². The van der Waals surface area contributed by atoms with Gasteiger partial charge in [-0.25, -0.2) is 0 Å². The van der Waals surface area contributed by atoms with Crippen molar-refractivity contribution in [2.75, 3.05) is 16.8 Å². The maximum Gasteiger partial charge on any atom is 0.228 e. The molecule has 0 radical (unpaired) electrons. The summed E-state index contributed by atoms with van der Waals surface area (Å²) in [7, 11) is 0. The van der Waals surface area contributed by atoms with Gasteiger partial charge in [0.05, 0.1) is 6.42 Å². The van der Waals surface area contributed by atoms with E-state index in [1.807, 2.05) is 35.2 Å². The number of nitrogens with zero attached hydrogens (tertiary/aromatic N) is 1. The van der Waals surface area contributed by atoms with E-state index in [-0.39, 0.29) is 11.8 Å². The number of rotatable bonds is 6. The van der Waals surface area contributed by atoms with Gasteiger partial charge in [0.25, 0.3) is 0 Å². The van der Waals surface area contributed by atoms with E-state index in [9.17, 15) is 9.59 Å². The summed E-state index contributed by atoms with van der Waals surface area (Å²) in [6.45, 7) is 4.98. The second-order valence-corrected chi connectivity index (χ2v) is 6.70. The van der Waals surface area contributed by atoms with E-state index in [4.69, 9.17) is 0 Å². The molecule has 0 aromatic heterocycles. The summed E-state index contributed by atoms with van der Waals surface area (Å²) in [5.41, 5.74) is 5.16. The van der Waals surface area contributed by atoms with Crippen LogP contribution in [-0.4, -0.2) is 18.4 Å². The van der Waals surface area contributed by atoms with Crippen molar-refractivity contribution in [3.63, 3.8) is 0 Å². The van der Waals surface area contributed by atoms with Crippen molar-refractivity contribution in [3.8, 4) is 0 Å². The molecule has 4 heteroatoms. The zero-order chi connectivity index (χ0) is 18.5.